The SMILES string of the molecule is CC(C)OC(=O)c1csc(-c2ccc(F)cc2F)n1. The van der Waals surface area contributed by atoms with E-state index in [0.29, 0.717) is 5.01 Å². The van der Waals surface area contributed by atoms with Gasteiger partial charge in [0, 0.05) is 17.0 Å². The van der Waals surface area contributed by atoms with Gasteiger partial charge in [-0.15, -0.1) is 11.3 Å². The zero-order chi connectivity index (χ0) is 14.0. The van der Waals surface area contributed by atoms with Gasteiger partial charge >= 0.3 is 5.97 Å². The first-order chi connectivity index (χ1) is 8.97. The van der Waals surface area contributed by atoms with Gasteiger partial charge in [-0.1, -0.05) is 0 Å². The zero-order valence-corrected chi connectivity index (χ0v) is 11.1. The molecule has 19 heavy (non-hydrogen) atoms. The molecule has 0 saturated heterocycles. The number of ether oxygens (including phenoxy) is 1. The number of benzene rings is 1. The Bertz CT molecular complexity index is 610. The van der Waals surface area contributed by atoms with Gasteiger partial charge in [0.15, 0.2) is 5.69 Å². The number of rotatable bonds is 3. The average molecular weight is 283 g/mol. The normalized spacial score (nSPS) is 10.8. The van der Waals surface area contributed by atoms with E-state index in [4.69, 9.17) is 4.74 Å². The van der Waals surface area contributed by atoms with Crippen LogP contribution in [0.4, 0.5) is 8.78 Å². The molecule has 0 bridgehead atoms. The minimum absolute atomic E-state index is 0.123. The summed E-state index contributed by atoms with van der Waals surface area (Å²) in [6, 6.07) is 3.22. The predicted molar refractivity (Wildman–Crippen MR) is 68.0 cm³/mol. The molecule has 0 aliphatic rings. The van der Waals surface area contributed by atoms with Gasteiger partial charge in [-0.25, -0.2) is 18.6 Å². The molecule has 2 aromatic rings. The molecule has 0 N–H and O–H groups in total. The predicted octanol–water partition coefficient (Wildman–Crippen LogP) is 3.65. The van der Waals surface area contributed by atoms with Gasteiger partial charge in [-0.3, -0.25) is 0 Å². The molecule has 1 aromatic heterocycles. The molecule has 0 aliphatic heterocycles. The molecule has 0 atom stereocenters. The summed E-state index contributed by atoms with van der Waals surface area (Å²) in [4.78, 5) is 15.6. The molecule has 0 saturated carbocycles. The van der Waals surface area contributed by atoms with Crippen molar-refractivity contribution < 1.29 is 18.3 Å². The molecule has 1 aromatic carbocycles. The maximum absolute atomic E-state index is 13.6. The molecule has 0 amide bonds. The van der Waals surface area contributed by atoms with Crippen molar-refractivity contribution in [3.63, 3.8) is 0 Å². The number of aromatic nitrogens is 1. The van der Waals surface area contributed by atoms with E-state index in [1.807, 2.05) is 0 Å². The fourth-order valence-corrected chi connectivity index (χ4v) is 2.24. The number of carbonyl (C=O) groups excluding carboxylic acids is 1. The second kappa shape index (κ2) is 5.44. The van der Waals surface area contributed by atoms with Gasteiger partial charge in [0.05, 0.1) is 6.10 Å². The molecule has 3 nitrogen and oxygen atoms in total. The van der Waals surface area contributed by atoms with Crippen LogP contribution < -0.4 is 0 Å². The molecule has 0 unspecified atom stereocenters. The van der Waals surface area contributed by atoms with Crippen LogP contribution in [0.15, 0.2) is 23.6 Å². The Labute approximate surface area is 112 Å². The van der Waals surface area contributed by atoms with E-state index < -0.39 is 17.6 Å². The fourth-order valence-electron chi connectivity index (χ4n) is 1.43. The van der Waals surface area contributed by atoms with Crippen molar-refractivity contribution in [1.82, 2.24) is 4.98 Å². The summed E-state index contributed by atoms with van der Waals surface area (Å²) in [5.41, 5.74) is 0.285. The van der Waals surface area contributed by atoms with Crippen molar-refractivity contribution in [1.29, 1.82) is 0 Å². The lowest BCUT2D eigenvalue weighted by atomic mass is 10.2. The molecule has 2 rings (SSSR count). The Hall–Kier alpha value is -1.82. The van der Waals surface area contributed by atoms with Gasteiger partial charge in [0.2, 0.25) is 0 Å². The highest BCUT2D eigenvalue weighted by Crippen LogP contribution is 2.27. The van der Waals surface area contributed by atoms with E-state index in [1.165, 1.54) is 11.4 Å². The molecule has 0 spiro atoms. The number of nitrogens with zero attached hydrogens (tertiary/aromatic N) is 1. The third-order valence-electron chi connectivity index (χ3n) is 2.22. The summed E-state index contributed by atoms with van der Waals surface area (Å²) < 4.78 is 31.4. The Kier molecular flexibility index (Phi) is 3.90. The quantitative estimate of drug-likeness (QED) is 0.807. The van der Waals surface area contributed by atoms with Gasteiger partial charge in [-0.2, -0.15) is 0 Å². The molecule has 0 aliphatic carbocycles. The number of halogens is 2. The number of hydrogen-bond donors (Lipinski definition) is 0. The molecule has 0 fully saturated rings. The van der Waals surface area contributed by atoms with E-state index in [1.54, 1.807) is 13.8 Å². The van der Waals surface area contributed by atoms with E-state index >= 15 is 0 Å². The van der Waals surface area contributed by atoms with E-state index in [-0.39, 0.29) is 17.4 Å². The lowest BCUT2D eigenvalue weighted by Gasteiger charge is -2.05. The summed E-state index contributed by atoms with van der Waals surface area (Å²) in [6.07, 6.45) is -0.250. The summed E-state index contributed by atoms with van der Waals surface area (Å²) in [7, 11) is 0. The van der Waals surface area contributed by atoms with E-state index in [0.717, 1.165) is 23.5 Å². The average Bonchev–Trinajstić information content (AvgIpc) is 2.77. The van der Waals surface area contributed by atoms with Crippen LogP contribution in [0.5, 0.6) is 0 Å². The Morgan fingerprint density at radius 1 is 1.37 bits per heavy atom. The highest BCUT2D eigenvalue weighted by Gasteiger charge is 2.16. The molecule has 6 heteroatoms. The monoisotopic (exact) mass is 283 g/mol. The summed E-state index contributed by atoms with van der Waals surface area (Å²) >= 11 is 1.10. The first-order valence-electron chi connectivity index (χ1n) is 5.59. The van der Waals surface area contributed by atoms with Crippen LogP contribution in [-0.2, 0) is 4.74 Å². The summed E-state index contributed by atoms with van der Waals surface area (Å²) in [5.74, 6) is -1.92. The number of esters is 1. The topological polar surface area (TPSA) is 39.2 Å². The van der Waals surface area contributed by atoms with E-state index in [2.05, 4.69) is 4.98 Å². The van der Waals surface area contributed by atoms with Crippen molar-refractivity contribution in [3.8, 4) is 10.6 Å². The first kappa shape index (κ1) is 13.6. The van der Waals surface area contributed by atoms with Gasteiger partial charge < -0.3 is 4.74 Å². The maximum atomic E-state index is 13.6. The van der Waals surface area contributed by atoms with Crippen LogP contribution in [0.25, 0.3) is 10.6 Å². The first-order valence-corrected chi connectivity index (χ1v) is 6.47. The molecular formula is C13H11F2NO2S. The van der Waals surface area contributed by atoms with Crippen molar-refractivity contribution in [2.45, 2.75) is 20.0 Å². The lowest BCUT2D eigenvalue weighted by molar-refractivity contribution is 0.0372. The van der Waals surface area contributed by atoms with Crippen LogP contribution >= 0.6 is 11.3 Å². The van der Waals surface area contributed by atoms with Crippen LogP contribution in [0, 0.1) is 11.6 Å². The maximum Gasteiger partial charge on any atom is 0.358 e. The van der Waals surface area contributed by atoms with Crippen LogP contribution in [0.3, 0.4) is 0 Å². The smallest absolute Gasteiger partial charge is 0.358 e. The standard InChI is InChI=1S/C13H11F2NO2S/c1-7(2)18-13(17)11-6-19-12(16-11)9-4-3-8(14)5-10(9)15/h3-7H,1-2H3. The molecular weight excluding hydrogens is 272 g/mol. The van der Waals surface area contributed by atoms with Gasteiger partial charge in [-0.05, 0) is 26.0 Å². The Balaban J connectivity index is 2.28. The Morgan fingerprint density at radius 2 is 2.11 bits per heavy atom. The highest BCUT2D eigenvalue weighted by atomic mass is 32.1. The molecule has 100 valence electrons. The number of hydrogen-bond acceptors (Lipinski definition) is 4. The van der Waals surface area contributed by atoms with Gasteiger partial charge in [0.1, 0.15) is 16.6 Å². The largest absolute Gasteiger partial charge is 0.458 e. The van der Waals surface area contributed by atoms with Crippen molar-refractivity contribution in [2.24, 2.45) is 0 Å². The third kappa shape index (κ3) is 3.14. The van der Waals surface area contributed by atoms with Crippen LogP contribution in [0.2, 0.25) is 0 Å². The lowest BCUT2D eigenvalue weighted by Crippen LogP contribution is -2.11. The minimum Gasteiger partial charge on any atom is -0.458 e. The van der Waals surface area contributed by atoms with Gasteiger partial charge in [0.25, 0.3) is 0 Å². The second-order valence-electron chi connectivity index (χ2n) is 4.12. The second-order valence-corrected chi connectivity index (χ2v) is 4.97. The van der Waals surface area contributed by atoms with E-state index in [9.17, 15) is 13.6 Å². The van der Waals surface area contributed by atoms with Crippen molar-refractivity contribution in [2.75, 3.05) is 0 Å². The molecule has 0 radical (unpaired) electrons. The summed E-state index contributed by atoms with van der Waals surface area (Å²) in [6.45, 7) is 3.45. The zero-order valence-electron chi connectivity index (χ0n) is 10.3. The number of thiazole rings is 1. The van der Waals surface area contributed by atoms with Crippen molar-refractivity contribution in [3.05, 3.63) is 40.9 Å². The van der Waals surface area contributed by atoms with Crippen LogP contribution in [-0.4, -0.2) is 17.1 Å². The van der Waals surface area contributed by atoms with Crippen molar-refractivity contribution >= 4 is 17.3 Å². The summed E-state index contributed by atoms with van der Waals surface area (Å²) in [5, 5.41) is 1.80. The third-order valence-corrected chi connectivity index (χ3v) is 3.09. The minimum atomic E-state index is -0.710. The number of carbonyl (C=O) groups is 1. The fraction of sp³-hybridized carbons (Fsp3) is 0.231. The molecule has 1 heterocycles. The van der Waals surface area contributed by atoms with Crippen LogP contribution in [0.1, 0.15) is 24.3 Å². The highest BCUT2D eigenvalue weighted by molar-refractivity contribution is 7.13. The Morgan fingerprint density at radius 3 is 2.74 bits per heavy atom.